The first-order valence-electron chi connectivity index (χ1n) is 7.37. The van der Waals surface area contributed by atoms with Crippen LogP contribution in [0.5, 0.6) is 5.88 Å². The Morgan fingerprint density at radius 1 is 0.926 bits per heavy atom. The Hall–Kier alpha value is -3.17. The number of fused-ring (bicyclic) bond motifs is 1. The molecule has 3 N–H and O–H groups in total. The van der Waals surface area contributed by atoms with Crippen molar-refractivity contribution < 1.29 is 36.2 Å². The molecule has 0 radical (unpaired) electrons. The van der Waals surface area contributed by atoms with Crippen LogP contribution in [0, 0.1) is 0 Å². The lowest BCUT2D eigenvalue weighted by molar-refractivity contribution is -0.143. The first-order valence-corrected chi connectivity index (χ1v) is 7.37. The fraction of sp³-hybridized carbons (Fsp3) is 0.118. The van der Waals surface area contributed by atoms with Crippen LogP contribution in [0.15, 0.2) is 42.5 Å². The van der Waals surface area contributed by atoms with Gasteiger partial charge < -0.3 is 15.4 Å². The van der Waals surface area contributed by atoms with Crippen molar-refractivity contribution in [1.29, 1.82) is 0 Å². The topological polar surface area (TPSA) is 65.1 Å². The molecule has 0 fully saturated rings. The summed E-state index contributed by atoms with van der Waals surface area (Å²) in [6, 6.07) is 6.91. The number of anilines is 1. The minimum absolute atomic E-state index is 0.0428. The van der Waals surface area contributed by atoms with Crippen LogP contribution < -0.4 is 5.32 Å². The van der Waals surface area contributed by atoms with Crippen molar-refractivity contribution in [2.75, 3.05) is 5.32 Å². The zero-order valence-electron chi connectivity index (χ0n) is 13.2. The molecule has 0 saturated carbocycles. The first kappa shape index (κ1) is 18.6. The van der Waals surface area contributed by atoms with E-state index in [0.29, 0.717) is 17.6 Å². The van der Waals surface area contributed by atoms with E-state index in [4.69, 9.17) is 0 Å². The predicted octanol–water partition coefficient (Wildman–Crippen LogP) is 5.16. The number of rotatable bonds is 2. The molecule has 0 atom stereocenters. The lowest BCUT2D eigenvalue weighted by Crippen LogP contribution is -2.15. The van der Waals surface area contributed by atoms with E-state index in [0.717, 1.165) is 0 Å². The van der Waals surface area contributed by atoms with Gasteiger partial charge in [0.25, 0.3) is 5.91 Å². The van der Waals surface area contributed by atoms with Gasteiger partial charge in [0.1, 0.15) is 5.56 Å². The normalized spacial score (nSPS) is 12.4. The zero-order valence-corrected chi connectivity index (χ0v) is 13.2. The summed E-state index contributed by atoms with van der Waals surface area (Å²) in [5.41, 5.74) is -3.74. The van der Waals surface area contributed by atoms with Gasteiger partial charge in [-0.15, -0.1) is 0 Å². The van der Waals surface area contributed by atoms with Crippen molar-refractivity contribution in [1.82, 2.24) is 4.98 Å². The van der Waals surface area contributed by atoms with Crippen molar-refractivity contribution >= 4 is 22.5 Å². The number of hydrogen-bond acceptors (Lipinski definition) is 2. The highest BCUT2D eigenvalue weighted by atomic mass is 19.4. The fourth-order valence-corrected chi connectivity index (χ4v) is 2.58. The van der Waals surface area contributed by atoms with E-state index in [1.165, 1.54) is 12.1 Å². The third kappa shape index (κ3) is 3.69. The van der Waals surface area contributed by atoms with Gasteiger partial charge in [-0.3, -0.25) is 4.79 Å². The van der Waals surface area contributed by atoms with Crippen LogP contribution in [0.3, 0.4) is 0 Å². The van der Waals surface area contributed by atoms with E-state index in [1.807, 2.05) is 5.32 Å². The number of amides is 1. The molecule has 3 rings (SSSR count). The Morgan fingerprint density at radius 3 is 2.04 bits per heavy atom. The number of aromatic amines is 1. The highest BCUT2D eigenvalue weighted by Crippen LogP contribution is 2.38. The smallest absolute Gasteiger partial charge is 0.416 e. The van der Waals surface area contributed by atoms with Crippen LogP contribution in [-0.4, -0.2) is 16.0 Å². The van der Waals surface area contributed by atoms with E-state index < -0.39 is 41.0 Å². The highest BCUT2D eigenvalue weighted by molar-refractivity contribution is 6.14. The number of aromatic hydroxyl groups is 1. The number of halogens is 6. The maximum atomic E-state index is 12.9. The van der Waals surface area contributed by atoms with Gasteiger partial charge in [-0.05, 0) is 24.3 Å². The molecule has 1 heterocycles. The molecule has 1 amide bonds. The van der Waals surface area contributed by atoms with Crippen molar-refractivity contribution in [2.45, 2.75) is 12.4 Å². The summed E-state index contributed by atoms with van der Waals surface area (Å²) in [6.07, 6.45) is -10.1. The Kier molecular flexibility index (Phi) is 4.29. The van der Waals surface area contributed by atoms with Gasteiger partial charge in [-0.1, -0.05) is 18.2 Å². The van der Waals surface area contributed by atoms with E-state index in [2.05, 4.69) is 4.98 Å². The molecule has 0 aliphatic heterocycles. The molecule has 0 aliphatic rings. The van der Waals surface area contributed by atoms with Crippen LogP contribution in [0.4, 0.5) is 32.0 Å². The molecule has 142 valence electrons. The van der Waals surface area contributed by atoms with Gasteiger partial charge in [0.2, 0.25) is 5.88 Å². The number of hydrogen-bond donors (Lipinski definition) is 3. The number of H-pyrrole nitrogens is 1. The average molecular weight is 388 g/mol. The molecule has 0 saturated heterocycles. The lowest BCUT2D eigenvalue weighted by atomic mass is 10.1. The summed E-state index contributed by atoms with van der Waals surface area (Å²) in [6.45, 7) is 0. The zero-order chi connectivity index (χ0) is 20.0. The second kappa shape index (κ2) is 6.22. The first-order chi connectivity index (χ1) is 12.5. The second-order valence-electron chi connectivity index (χ2n) is 5.64. The Labute approximate surface area is 147 Å². The van der Waals surface area contributed by atoms with Gasteiger partial charge >= 0.3 is 12.4 Å². The van der Waals surface area contributed by atoms with Gasteiger partial charge in [0.15, 0.2) is 0 Å². The molecule has 0 spiro atoms. The van der Waals surface area contributed by atoms with Crippen LogP contribution in [-0.2, 0) is 12.4 Å². The molecule has 27 heavy (non-hydrogen) atoms. The molecule has 4 nitrogen and oxygen atoms in total. The SMILES string of the molecule is O=C(Nc1cc(C(F)(F)F)cc(C(F)(F)F)c1)c1c(O)[nH]c2ccccc12. The van der Waals surface area contributed by atoms with E-state index in [-0.39, 0.29) is 17.0 Å². The minimum atomic E-state index is -5.04. The standard InChI is InChI=1S/C17H10F6N2O2/c18-16(19,20)8-5-9(17(21,22)23)7-10(6-8)24-14(26)13-11-3-1-2-4-12(11)25-15(13)27/h1-7,25,27H,(H,24,26). The molecular weight excluding hydrogens is 378 g/mol. The molecule has 0 aliphatic carbocycles. The summed E-state index contributed by atoms with van der Waals surface area (Å²) in [7, 11) is 0. The lowest BCUT2D eigenvalue weighted by Gasteiger charge is -2.14. The Balaban J connectivity index is 2.04. The number of aromatic nitrogens is 1. The molecule has 3 aromatic rings. The van der Waals surface area contributed by atoms with Gasteiger partial charge in [-0.25, -0.2) is 0 Å². The summed E-state index contributed by atoms with van der Waals surface area (Å²) in [4.78, 5) is 14.9. The summed E-state index contributed by atoms with van der Waals surface area (Å²) in [5.74, 6) is -1.62. The second-order valence-corrected chi connectivity index (χ2v) is 5.64. The minimum Gasteiger partial charge on any atom is -0.494 e. The third-order valence-electron chi connectivity index (χ3n) is 3.76. The molecular formula is C17H10F6N2O2. The van der Waals surface area contributed by atoms with Crippen LogP contribution in [0.2, 0.25) is 0 Å². The number of benzene rings is 2. The molecule has 0 unspecified atom stereocenters. The van der Waals surface area contributed by atoms with Gasteiger partial charge in [0.05, 0.1) is 11.1 Å². The number of para-hydroxylation sites is 1. The largest absolute Gasteiger partial charge is 0.494 e. The van der Waals surface area contributed by atoms with E-state index in [9.17, 15) is 36.2 Å². The maximum absolute atomic E-state index is 12.9. The third-order valence-corrected chi connectivity index (χ3v) is 3.76. The summed E-state index contributed by atoms with van der Waals surface area (Å²) in [5, 5.41) is 12.1. The number of carbonyl (C=O) groups is 1. The molecule has 10 heteroatoms. The van der Waals surface area contributed by atoms with E-state index in [1.54, 1.807) is 12.1 Å². The van der Waals surface area contributed by atoms with Gasteiger partial charge in [-0.2, -0.15) is 26.3 Å². The fourth-order valence-electron chi connectivity index (χ4n) is 2.58. The quantitative estimate of drug-likeness (QED) is 0.531. The number of carbonyl (C=O) groups excluding carboxylic acids is 1. The van der Waals surface area contributed by atoms with Crippen LogP contribution >= 0.6 is 0 Å². The highest BCUT2D eigenvalue weighted by Gasteiger charge is 2.37. The van der Waals surface area contributed by atoms with Crippen molar-refractivity contribution in [3.05, 3.63) is 59.2 Å². The molecule has 0 bridgehead atoms. The number of nitrogens with one attached hydrogen (secondary N) is 2. The predicted molar refractivity (Wildman–Crippen MR) is 84.4 cm³/mol. The molecule has 2 aromatic carbocycles. The summed E-state index contributed by atoms with van der Waals surface area (Å²) >= 11 is 0. The summed E-state index contributed by atoms with van der Waals surface area (Å²) < 4.78 is 77.4. The van der Waals surface area contributed by atoms with E-state index >= 15 is 0 Å². The average Bonchev–Trinajstić information content (AvgIpc) is 2.88. The number of alkyl halides is 6. The van der Waals surface area contributed by atoms with Crippen molar-refractivity contribution in [2.24, 2.45) is 0 Å². The van der Waals surface area contributed by atoms with Crippen LogP contribution in [0.25, 0.3) is 10.9 Å². The van der Waals surface area contributed by atoms with Gasteiger partial charge in [0, 0.05) is 16.6 Å². The maximum Gasteiger partial charge on any atom is 0.416 e. The monoisotopic (exact) mass is 388 g/mol. The van der Waals surface area contributed by atoms with Crippen LogP contribution in [0.1, 0.15) is 21.5 Å². The Bertz CT molecular complexity index is 988. The Morgan fingerprint density at radius 2 is 1.48 bits per heavy atom. The van der Waals surface area contributed by atoms with Crippen molar-refractivity contribution in [3.63, 3.8) is 0 Å². The van der Waals surface area contributed by atoms with Crippen molar-refractivity contribution in [3.8, 4) is 5.88 Å². The molecule has 1 aromatic heterocycles.